The van der Waals surface area contributed by atoms with E-state index >= 15 is 0 Å². The zero-order valence-corrected chi connectivity index (χ0v) is 11.7. The van der Waals surface area contributed by atoms with Gasteiger partial charge in [-0.3, -0.25) is 0 Å². The highest BCUT2D eigenvalue weighted by molar-refractivity contribution is 9.10. The molecule has 1 heterocycles. The summed E-state index contributed by atoms with van der Waals surface area (Å²) in [6.45, 7) is 3.85. The van der Waals surface area contributed by atoms with Gasteiger partial charge in [-0.1, -0.05) is 15.9 Å². The third-order valence-electron chi connectivity index (χ3n) is 2.30. The maximum atomic E-state index is 5.35. The molecule has 2 rings (SSSR count). The number of hydrogen-bond acceptors (Lipinski definition) is 5. The minimum Gasteiger partial charge on any atom is -0.340 e. The van der Waals surface area contributed by atoms with Gasteiger partial charge < -0.3 is 10.7 Å². The summed E-state index contributed by atoms with van der Waals surface area (Å²) in [5, 5.41) is 3.22. The molecule has 0 aliphatic heterocycles. The third-order valence-corrected chi connectivity index (χ3v) is 2.76. The van der Waals surface area contributed by atoms with E-state index in [0.717, 1.165) is 15.7 Å². The van der Waals surface area contributed by atoms with Gasteiger partial charge in [-0.05, 0) is 37.6 Å². The minimum atomic E-state index is 0.580. The Morgan fingerprint density at radius 3 is 2.44 bits per heavy atom. The van der Waals surface area contributed by atoms with E-state index < -0.39 is 0 Å². The van der Waals surface area contributed by atoms with Gasteiger partial charge in [-0.25, -0.2) is 15.8 Å². The molecule has 0 spiro atoms. The van der Waals surface area contributed by atoms with Crippen molar-refractivity contribution in [1.29, 1.82) is 0 Å². The van der Waals surface area contributed by atoms with Crippen molar-refractivity contribution in [3.8, 4) is 0 Å². The Balaban J connectivity index is 2.30. The van der Waals surface area contributed by atoms with Gasteiger partial charge in [-0.2, -0.15) is 0 Å². The van der Waals surface area contributed by atoms with Gasteiger partial charge in [0.15, 0.2) is 0 Å². The Morgan fingerprint density at radius 1 is 1.06 bits per heavy atom. The summed E-state index contributed by atoms with van der Waals surface area (Å²) in [4.78, 5) is 8.44. The molecule has 18 heavy (non-hydrogen) atoms. The highest BCUT2D eigenvalue weighted by Gasteiger charge is 2.02. The van der Waals surface area contributed by atoms with Crippen molar-refractivity contribution in [2.75, 3.05) is 10.7 Å². The molecule has 1 aromatic carbocycles. The van der Waals surface area contributed by atoms with Crippen LogP contribution in [0.2, 0.25) is 0 Å². The molecule has 0 fully saturated rings. The summed E-state index contributed by atoms with van der Waals surface area (Å²) in [5.41, 5.74) is 4.64. The first-order valence-corrected chi connectivity index (χ1v) is 6.22. The molecule has 94 valence electrons. The van der Waals surface area contributed by atoms with Crippen molar-refractivity contribution in [2.24, 2.45) is 5.84 Å². The molecule has 0 saturated carbocycles. The van der Waals surface area contributed by atoms with Crippen LogP contribution < -0.4 is 16.6 Å². The van der Waals surface area contributed by atoms with E-state index in [4.69, 9.17) is 5.84 Å². The smallest absolute Gasteiger partial charge is 0.145 e. The number of nitrogen functional groups attached to an aromatic ring is 1. The van der Waals surface area contributed by atoms with E-state index in [1.807, 2.05) is 32.0 Å². The summed E-state index contributed by atoms with van der Waals surface area (Å²) in [5.74, 6) is 7.29. The van der Waals surface area contributed by atoms with Crippen LogP contribution in [0.5, 0.6) is 0 Å². The van der Waals surface area contributed by atoms with Crippen LogP contribution in [0.4, 0.5) is 17.3 Å². The number of benzene rings is 1. The molecule has 5 nitrogen and oxygen atoms in total. The van der Waals surface area contributed by atoms with Crippen LogP contribution in [0.15, 0.2) is 28.7 Å². The topological polar surface area (TPSA) is 75.9 Å². The molecule has 0 saturated heterocycles. The van der Waals surface area contributed by atoms with Crippen LogP contribution in [0.3, 0.4) is 0 Å². The molecular formula is C12H14BrN5. The van der Waals surface area contributed by atoms with E-state index in [1.54, 1.807) is 6.07 Å². The monoisotopic (exact) mass is 307 g/mol. The lowest BCUT2D eigenvalue weighted by molar-refractivity contribution is 1.05. The number of halogens is 1. The molecule has 0 unspecified atom stereocenters. The fourth-order valence-corrected chi connectivity index (χ4v) is 2.27. The Bertz CT molecular complexity index is 550. The largest absolute Gasteiger partial charge is 0.340 e. The number of nitrogens with zero attached hydrogens (tertiary/aromatic N) is 2. The molecule has 2 aromatic rings. The van der Waals surface area contributed by atoms with Gasteiger partial charge in [0, 0.05) is 16.2 Å². The van der Waals surface area contributed by atoms with Crippen molar-refractivity contribution in [3.05, 3.63) is 40.1 Å². The Kier molecular flexibility index (Phi) is 3.78. The van der Waals surface area contributed by atoms with Gasteiger partial charge in [-0.15, -0.1) is 0 Å². The molecule has 0 radical (unpaired) electrons. The molecule has 4 N–H and O–H groups in total. The highest BCUT2D eigenvalue weighted by atomic mass is 79.9. The van der Waals surface area contributed by atoms with Crippen LogP contribution in [-0.2, 0) is 0 Å². The summed E-state index contributed by atoms with van der Waals surface area (Å²) in [6.07, 6.45) is 0. The average Bonchev–Trinajstić information content (AvgIpc) is 2.26. The molecule has 0 atom stereocenters. The first-order valence-electron chi connectivity index (χ1n) is 5.43. The van der Waals surface area contributed by atoms with E-state index in [0.29, 0.717) is 17.5 Å². The second-order valence-electron chi connectivity index (χ2n) is 3.97. The summed E-state index contributed by atoms with van der Waals surface area (Å²) >= 11 is 3.46. The van der Waals surface area contributed by atoms with E-state index in [-0.39, 0.29) is 0 Å². The van der Waals surface area contributed by atoms with Crippen LogP contribution in [0.25, 0.3) is 0 Å². The van der Waals surface area contributed by atoms with Crippen LogP contribution in [0.1, 0.15) is 11.4 Å². The second kappa shape index (κ2) is 5.32. The maximum absolute atomic E-state index is 5.35. The number of aryl methyl sites for hydroxylation is 2. The van der Waals surface area contributed by atoms with E-state index in [1.165, 1.54) is 0 Å². The predicted octanol–water partition coefficient (Wildman–Crippen LogP) is 2.89. The first-order chi connectivity index (χ1) is 8.56. The Morgan fingerprint density at radius 2 is 1.78 bits per heavy atom. The lowest BCUT2D eigenvalue weighted by atomic mass is 10.2. The molecule has 0 aliphatic carbocycles. The van der Waals surface area contributed by atoms with Crippen molar-refractivity contribution < 1.29 is 0 Å². The summed E-state index contributed by atoms with van der Waals surface area (Å²) in [6, 6.07) is 7.82. The molecule has 1 aromatic heterocycles. The van der Waals surface area contributed by atoms with Crippen LogP contribution in [-0.4, -0.2) is 9.97 Å². The van der Waals surface area contributed by atoms with Gasteiger partial charge >= 0.3 is 0 Å². The van der Waals surface area contributed by atoms with Crippen molar-refractivity contribution in [1.82, 2.24) is 9.97 Å². The minimum absolute atomic E-state index is 0.580. The van der Waals surface area contributed by atoms with Crippen molar-refractivity contribution in [2.45, 2.75) is 13.8 Å². The lowest BCUT2D eigenvalue weighted by Gasteiger charge is -2.09. The standard InChI is InChI=1S/C12H14BrN5/c1-7-3-9(13)5-10(4-7)17-11-6-12(18-14)16-8(2)15-11/h3-6H,14H2,1-2H3,(H2,15,16,17,18). The van der Waals surface area contributed by atoms with Crippen molar-refractivity contribution in [3.63, 3.8) is 0 Å². The highest BCUT2D eigenvalue weighted by Crippen LogP contribution is 2.22. The molecule has 6 heteroatoms. The van der Waals surface area contributed by atoms with Crippen LogP contribution >= 0.6 is 15.9 Å². The van der Waals surface area contributed by atoms with Gasteiger partial charge in [0.2, 0.25) is 0 Å². The number of hydrazine groups is 1. The summed E-state index contributed by atoms with van der Waals surface area (Å²) in [7, 11) is 0. The fourth-order valence-electron chi connectivity index (χ4n) is 1.66. The lowest BCUT2D eigenvalue weighted by Crippen LogP contribution is -2.10. The van der Waals surface area contributed by atoms with E-state index in [2.05, 4.69) is 36.6 Å². The molecular weight excluding hydrogens is 294 g/mol. The summed E-state index contributed by atoms with van der Waals surface area (Å²) < 4.78 is 1.02. The maximum Gasteiger partial charge on any atom is 0.145 e. The zero-order valence-electron chi connectivity index (χ0n) is 10.2. The molecule has 0 amide bonds. The first kappa shape index (κ1) is 12.8. The molecule has 0 aliphatic rings. The van der Waals surface area contributed by atoms with Gasteiger partial charge in [0.05, 0.1) is 0 Å². The average molecular weight is 308 g/mol. The van der Waals surface area contributed by atoms with Crippen molar-refractivity contribution >= 4 is 33.3 Å². The Labute approximate surface area is 114 Å². The number of aromatic nitrogens is 2. The quantitative estimate of drug-likeness (QED) is 0.600. The number of nitrogens with two attached hydrogens (primary N) is 1. The second-order valence-corrected chi connectivity index (χ2v) is 4.89. The Hall–Kier alpha value is -1.66. The van der Waals surface area contributed by atoms with Gasteiger partial charge in [0.25, 0.3) is 0 Å². The third kappa shape index (κ3) is 3.18. The van der Waals surface area contributed by atoms with E-state index in [9.17, 15) is 0 Å². The normalized spacial score (nSPS) is 10.2. The zero-order chi connectivity index (χ0) is 13.1. The molecule has 0 bridgehead atoms. The van der Waals surface area contributed by atoms with Crippen LogP contribution in [0, 0.1) is 13.8 Å². The number of rotatable bonds is 3. The number of hydrogen-bond donors (Lipinski definition) is 3. The number of nitrogens with one attached hydrogen (secondary N) is 2. The van der Waals surface area contributed by atoms with Gasteiger partial charge in [0.1, 0.15) is 17.5 Å². The number of anilines is 3. The predicted molar refractivity (Wildman–Crippen MR) is 76.7 cm³/mol. The SMILES string of the molecule is Cc1cc(Br)cc(Nc2cc(NN)nc(C)n2)c1. The fraction of sp³-hybridized carbons (Fsp3) is 0.167.